The molecule has 0 aliphatic rings. The first kappa shape index (κ1) is 22.3. The molecule has 34 heavy (non-hydrogen) atoms. The summed E-state index contributed by atoms with van der Waals surface area (Å²) in [7, 11) is 0. The molecule has 0 unspecified atom stereocenters. The van der Waals surface area contributed by atoms with E-state index in [1.807, 2.05) is 74.5 Å². The third-order valence-corrected chi connectivity index (χ3v) is 7.57. The Morgan fingerprint density at radius 1 is 1.09 bits per heavy atom. The summed E-state index contributed by atoms with van der Waals surface area (Å²) in [6, 6.07) is 19.5. The third-order valence-electron chi connectivity index (χ3n) is 5.50. The summed E-state index contributed by atoms with van der Waals surface area (Å²) >= 11 is 2.62. The van der Waals surface area contributed by atoms with Gasteiger partial charge < -0.3 is 5.32 Å². The number of carbonyl (C=O) groups excluding carboxylic acids is 1. The van der Waals surface area contributed by atoms with Crippen molar-refractivity contribution in [2.24, 2.45) is 0 Å². The van der Waals surface area contributed by atoms with Crippen LogP contribution in [0.5, 0.6) is 0 Å². The zero-order valence-corrected chi connectivity index (χ0v) is 20.4. The van der Waals surface area contributed by atoms with E-state index in [9.17, 15) is 9.59 Å². The van der Waals surface area contributed by atoms with Crippen LogP contribution in [0.15, 0.2) is 76.8 Å². The lowest BCUT2D eigenvalue weighted by molar-refractivity contribution is -0.113. The van der Waals surface area contributed by atoms with E-state index in [-0.39, 0.29) is 17.2 Å². The van der Waals surface area contributed by atoms with Crippen molar-refractivity contribution in [3.63, 3.8) is 0 Å². The molecule has 170 valence electrons. The van der Waals surface area contributed by atoms with E-state index in [2.05, 4.69) is 10.3 Å². The molecule has 0 saturated heterocycles. The van der Waals surface area contributed by atoms with Crippen LogP contribution in [0.3, 0.4) is 0 Å². The van der Waals surface area contributed by atoms with Gasteiger partial charge in [-0.05, 0) is 48.7 Å². The number of thioether (sulfide) groups is 1. The van der Waals surface area contributed by atoms with Crippen molar-refractivity contribution in [1.82, 2.24) is 14.5 Å². The lowest BCUT2D eigenvalue weighted by Gasteiger charge is -2.13. The average Bonchev–Trinajstić information content (AvgIpc) is 3.22. The molecule has 6 nitrogen and oxygen atoms in total. The average molecular weight is 487 g/mol. The van der Waals surface area contributed by atoms with E-state index in [4.69, 9.17) is 4.98 Å². The maximum absolute atomic E-state index is 13.5. The number of hydrogen-bond acceptors (Lipinski definition) is 6. The Morgan fingerprint density at radius 2 is 1.91 bits per heavy atom. The summed E-state index contributed by atoms with van der Waals surface area (Å²) < 4.78 is 2.23. The highest BCUT2D eigenvalue weighted by Crippen LogP contribution is 2.30. The Balaban J connectivity index is 1.50. The topological polar surface area (TPSA) is 76.9 Å². The molecule has 0 radical (unpaired) electrons. The number of amides is 1. The molecular weight excluding hydrogens is 464 g/mol. The van der Waals surface area contributed by atoms with Gasteiger partial charge in [0, 0.05) is 17.3 Å². The molecule has 0 saturated carbocycles. The van der Waals surface area contributed by atoms with Crippen molar-refractivity contribution in [1.29, 1.82) is 0 Å². The van der Waals surface area contributed by atoms with E-state index in [1.165, 1.54) is 23.1 Å². The third kappa shape index (κ3) is 4.47. The monoisotopic (exact) mass is 486 g/mol. The highest BCUT2D eigenvalue weighted by Gasteiger charge is 2.18. The number of anilines is 1. The molecule has 1 N–H and O–H groups in total. The minimum atomic E-state index is -0.142. The van der Waals surface area contributed by atoms with E-state index in [0.29, 0.717) is 21.9 Å². The molecule has 0 fully saturated rings. The number of nitrogens with zero attached hydrogens (tertiary/aromatic N) is 3. The molecule has 5 aromatic rings. The molecule has 0 bridgehead atoms. The highest BCUT2D eigenvalue weighted by atomic mass is 32.2. The van der Waals surface area contributed by atoms with Gasteiger partial charge in [0.1, 0.15) is 9.53 Å². The van der Waals surface area contributed by atoms with Gasteiger partial charge in [0.25, 0.3) is 5.56 Å². The minimum Gasteiger partial charge on any atom is -0.325 e. The van der Waals surface area contributed by atoms with Gasteiger partial charge in [-0.1, -0.05) is 54.2 Å². The quantitative estimate of drug-likeness (QED) is 0.257. The lowest BCUT2D eigenvalue weighted by atomic mass is 10.1. The first-order valence-corrected chi connectivity index (χ1v) is 12.6. The molecule has 0 atom stereocenters. The second kappa shape index (κ2) is 9.40. The molecule has 3 heterocycles. The van der Waals surface area contributed by atoms with E-state index in [0.717, 1.165) is 32.6 Å². The molecule has 1 amide bonds. The predicted molar refractivity (Wildman–Crippen MR) is 140 cm³/mol. The van der Waals surface area contributed by atoms with E-state index in [1.54, 1.807) is 10.8 Å². The molecule has 0 spiro atoms. The maximum Gasteiger partial charge on any atom is 0.272 e. The number of benzene rings is 2. The molecule has 5 rings (SSSR count). The van der Waals surface area contributed by atoms with Gasteiger partial charge in [-0.2, -0.15) is 0 Å². The number of aryl methyl sites for hydroxylation is 2. The number of carbonyl (C=O) groups is 1. The van der Waals surface area contributed by atoms with Crippen LogP contribution < -0.4 is 10.9 Å². The van der Waals surface area contributed by atoms with Crippen LogP contribution >= 0.6 is 23.1 Å². The smallest absolute Gasteiger partial charge is 0.272 e. The number of fused-ring (bicyclic) bond motifs is 3. The summed E-state index contributed by atoms with van der Waals surface area (Å²) in [6.07, 6.45) is 1.72. The summed E-state index contributed by atoms with van der Waals surface area (Å²) in [4.78, 5) is 36.3. The first-order valence-electron chi connectivity index (χ1n) is 10.8. The Kier molecular flexibility index (Phi) is 6.17. The summed E-state index contributed by atoms with van der Waals surface area (Å²) in [5.41, 5.74) is 4.39. The fraction of sp³-hybridized carbons (Fsp3) is 0.154. The van der Waals surface area contributed by atoms with Crippen molar-refractivity contribution >= 4 is 55.1 Å². The summed E-state index contributed by atoms with van der Waals surface area (Å²) in [5, 5.41) is 4.35. The maximum atomic E-state index is 13.5. The zero-order chi connectivity index (χ0) is 23.7. The molecule has 8 heteroatoms. The van der Waals surface area contributed by atoms with Crippen molar-refractivity contribution < 1.29 is 4.79 Å². The Bertz CT molecular complexity index is 1580. The highest BCUT2D eigenvalue weighted by molar-refractivity contribution is 7.99. The van der Waals surface area contributed by atoms with Crippen LogP contribution in [-0.2, 0) is 11.3 Å². The van der Waals surface area contributed by atoms with Crippen LogP contribution in [0.2, 0.25) is 0 Å². The van der Waals surface area contributed by atoms with Gasteiger partial charge in [-0.15, -0.1) is 11.3 Å². The largest absolute Gasteiger partial charge is 0.325 e. The van der Waals surface area contributed by atoms with E-state index < -0.39 is 0 Å². The normalized spacial score (nSPS) is 11.2. The number of pyridine rings is 1. The molecule has 2 aromatic carbocycles. The van der Waals surface area contributed by atoms with E-state index >= 15 is 0 Å². The number of aromatic nitrogens is 3. The van der Waals surface area contributed by atoms with Crippen LogP contribution in [0, 0.1) is 13.8 Å². The molecule has 0 aliphatic carbocycles. The number of hydrogen-bond donors (Lipinski definition) is 1. The fourth-order valence-corrected chi connectivity index (χ4v) is 5.57. The van der Waals surface area contributed by atoms with Crippen LogP contribution in [-0.4, -0.2) is 26.2 Å². The van der Waals surface area contributed by atoms with Crippen molar-refractivity contribution in [3.8, 4) is 0 Å². The van der Waals surface area contributed by atoms with Crippen LogP contribution in [0.25, 0.3) is 20.4 Å². The summed E-state index contributed by atoms with van der Waals surface area (Å²) in [6.45, 7) is 4.33. The van der Waals surface area contributed by atoms with Crippen molar-refractivity contribution in [2.75, 3.05) is 11.1 Å². The second-order valence-corrected chi connectivity index (χ2v) is 10.0. The molecular formula is C26H22N4O2S2. The van der Waals surface area contributed by atoms with Gasteiger partial charge in [0.2, 0.25) is 5.91 Å². The van der Waals surface area contributed by atoms with Gasteiger partial charge in [0.15, 0.2) is 5.16 Å². The van der Waals surface area contributed by atoms with Crippen molar-refractivity contribution in [3.05, 3.63) is 93.9 Å². The minimum absolute atomic E-state index is 0.116. The van der Waals surface area contributed by atoms with Gasteiger partial charge in [-0.25, -0.2) is 9.97 Å². The van der Waals surface area contributed by atoms with Crippen molar-refractivity contribution in [2.45, 2.75) is 25.5 Å². The van der Waals surface area contributed by atoms with Gasteiger partial charge in [0.05, 0.1) is 17.8 Å². The van der Waals surface area contributed by atoms with Gasteiger partial charge in [-0.3, -0.25) is 14.2 Å². The number of nitrogens with one attached hydrogen (secondary N) is 1. The number of rotatable bonds is 6. The lowest BCUT2D eigenvalue weighted by Crippen LogP contribution is -2.24. The SMILES string of the molecule is Cc1ccc(C)c(NC(=O)CSc2nc3c(sc4ncccc43)c(=O)n2Cc2ccccc2)c1. The zero-order valence-electron chi connectivity index (χ0n) is 18.7. The fourth-order valence-electron chi connectivity index (χ4n) is 3.74. The van der Waals surface area contributed by atoms with Gasteiger partial charge >= 0.3 is 0 Å². The van der Waals surface area contributed by atoms with Crippen LogP contribution in [0.4, 0.5) is 5.69 Å². The summed E-state index contributed by atoms with van der Waals surface area (Å²) in [5.74, 6) is -0.00313. The standard InChI is InChI=1S/C26H22N4O2S2/c1-16-10-11-17(2)20(13-16)28-21(31)15-33-26-29-22-19-9-6-12-27-24(19)34-23(22)25(32)30(26)14-18-7-4-3-5-8-18/h3-13H,14-15H2,1-2H3,(H,28,31). The Morgan fingerprint density at radius 3 is 2.74 bits per heavy atom. The first-order chi connectivity index (χ1) is 16.5. The van der Waals surface area contributed by atoms with Crippen LogP contribution in [0.1, 0.15) is 16.7 Å². The second-order valence-electron chi connectivity index (χ2n) is 8.06. The molecule has 3 aromatic heterocycles. The predicted octanol–water partition coefficient (Wildman–Crippen LogP) is 5.40. The molecule has 0 aliphatic heterocycles. The number of thiophene rings is 1. The Hall–Kier alpha value is -3.49. The Labute approximate surface area is 204 Å².